The molecular weight excluding hydrogens is 410 g/mol. The van der Waals surface area contributed by atoms with Crippen LogP contribution >= 0.6 is 11.6 Å². The molecule has 0 spiro atoms. The Bertz CT molecular complexity index is 1200. The first-order valence-corrected chi connectivity index (χ1v) is 10.3. The van der Waals surface area contributed by atoms with Crippen molar-refractivity contribution in [2.75, 3.05) is 5.32 Å². The largest absolute Gasteiger partial charge is 0.489 e. The minimum atomic E-state index is -0.195. The summed E-state index contributed by atoms with van der Waals surface area (Å²) >= 11 is 5.98. The number of hydrogen-bond donors (Lipinski definition) is 1. The van der Waals surface area contributed by atoms with Crippen LogP contribution in [0.25, 0.3) is 0 Å². The Hall–Kier alpha value is -3.57. The normalized spacial score (nSPS) is 10.6. The van der Waals surface area contributed by atoms with E-state index in [0.717, 1.165) is 11.1 Å². The van der Waals surface area contributed by atoms with E-state index in [1.54, 1.807) is 29.1 Å². The van der Waals surface area contributed by atoms with Gasteiger partial charge >= 0.3 is 0 Å². The fourth-order valence-corrected chi connectivity index (χ4v) is 3.42. The number of amides is 1. The summed E-state index contributed by atoms with van der Waals surface area (Å²) in [6.07, 6.45) is 3.48. The molecule has 0 aliphatic carbocycles. The van der Waals surface area contributed by atoms with Gasteiger partial charge in [0.2, 0.25) is 0 Å². The number of anilines is 1. The quantitative estimate of drug-likeness (QED) is 0.407. The molecule has 0 fully saturated rings. The van der Waals surface area contributed by atoms with Crippen molar-refractivity contribution in [2.24, 2.45) is 0 Å². The van der Waals surface area contributed by atoms with Gasteiger partial charge in [0.1, 0.15) is 12.4 Å². The topological polar surface area (TPSA) is 56.2 Å². The smallest absolute Gasteiger partial charge is 0.255 e. The molecule has 0 bridgehead atoms. The molecule has 0 unspecified atom stereocenters. The van der Waals surface area contributed by atoms with E-state index in [2.05, 4.69) is 35.5 Å². The lowest BCUT2D eigenvalue weighted by Crippen LogP contribution is -2.12. The maximum absolute atomic E-state index is 12.7. The molecular formula is C25H22ClN3O2. The van der Waals surface area contributed by atoms with E-state index in [4.69, 9.17) is 16.3 Å². The monoisotopic (exact) mass is 431 g/mol. The number of ether oxygens (including phenoxy) is 1. The Balaban J connectivity index is 1.37. The van der Waals surface area contributed by atoms with Crippen molar-refractivity contribution in [3.05, 3.63) is 112 Å². The molecule has 156 valence electrons. The average molecular weight is 432 g/mol. The van der Waals surface area contributed by atoms with Gasteiger partial charge in [-0.05, 0) is 48.4 Å². The molecule has 1 aromatic heterocycles. The van der Waals surface area contributed by atoms with Gasteiger partial charge < -0.3 is 10.1 Å². The first-order chi connectivity index (χ1) is 15.0. The standard InChI is InChI=1S/C25H22ClN3O2/c1-18-5-2-6-19(11-18)15-29-16-23(14-27-29)28-25(30)21-8-3-7-20(12-21)17-31-24-10-4-9-22(26)13-24/h2-14,16H,15,17H2,1H3,(H,28,30). The zero-order valence-corrected chi connectivity index (χ0v) is 17.8. The van der Waals surface area contributed by atoms with Crippen molar-refractivity contribution in [2.45, 2.75) is 20.1 Å². The number of aryl methyl sites for hydroxylation is 1. The molecule has 3 aromatic carbocycles. The van der Waals surface area contributed by atoms with E-state index >= 15 is 0 Å². The van der Waals surface area contributed by atoms with E-state index < -0.39 is 0 Å². The summed E-state index contributed by atoms with van der Waals surface area (Å²) in [4.78, 5) is 12.7. The van der Waals surface area contributed by atoms with Gasteiger partial charge in [-0.25, -0.2) is 0 Å². The predicted molar refractivity (Wildman–Crippen MR) is 123 cm³/mol. The molecule has 1 N–H and O–H groups in total. The van der Waals surface area contributed by atoms with Crippen LogP contribution in [0.5, 0.6) is 5.75 Å². The number of benzene rings is 3. The zero-order chi connectivity index (χ0) is 21.6. The molecule has 0 aliphatic rings. The maximum atomic E-state index is 12.7. The Labute approximate surface area is 186 Å². The van der Waals surface area contributed by atoms with Crippen molar-refractivity contribution in [3.8, 4) is 5.75 Å². The first kappa shape index (κ1) is 20.7. The van der Waals surface area contributed by atoms with Gasteiger partial charge in [0.05, 0.1) is 18.4 Å². The Morgan fingerprint density at radius 1 is 1.03 bits per heavy atom. The minimum absolute atomic E-state index is 0.195. The molecule has 0 aliphatic heterocycles. The second-order valence-electron chi connectivity index (χ2n) is 7.32. The third-order valence-corrected chi connectivity index (χ3v) is 4.94. The number of rotatable bonds is 7. The zero-order valence-electron chi connectivity index (χ0n) is 17.1. The number of carbonyl (C=O) groups excluding carboxylic acids is 1. The van der Waals surface area contributed by atoms with Gasteiger partial charge in [-0.1, -0.05) is 59.6 Å². The molecule has 5 nitrogen and oxygen atoms in total. The molecule has 1 amide bonds. The van der Waals surface area contributed by atoms with E-state index in [1.807, 2.05) is 42.6 Å². The van der Waals surface area contributed by atoms with Crippen LogP contribution in [-0.4, -0.2) is 15.7 Å². The van der Waals surface area contributed by atoms with Crippen LogP contribution in [0.4, 0.5) is 5.69 Å². The summed E-state index contributed by atoms with van der Waals surface area (Å²) in [5.41, 5.74) is 4.46. The predicted octanol–water partition coefficient (Wildman–Crippen LogP) is 5.72. The maximum Gasteiger partial charge on any atom is 0.255 e. The highest BCUT2D eigenvalue weighted by Gasteiger charge is 2.09. The van der Waals surface area contributed by atoms with Crippen molar-refractivity contribution in [1.29, 1.82) is 0 Å². The highest BCUT2D eigenvalue weighted by atomic mass is 35.5. The second kappa shape index (κ2) is 9.49. The summed E-state index contributed by atoms with van der Waals surface area (Å²) in [5, 5.41) is 7.87. The van der Waals surface area contributed by atoms with Gasteiger partial charge in [0.25, 0.3) is 5.91 Å². The number of aromatic nitrogens is 2. The van der Waals surface area contributed by atoms with Crippen molar-refractivity contribution < 1.29 is 9.53 Å². The Morgan fingerprint density at radius 3 is 2.68 bits per heavy atom. The molecule has 0 atom stereocenters. The summed E-state index contributed by atoms with van der Waals surface area (Å²) in [7, 11) is 0. The minimum Gasteiger partial charge on any atom is -0.489 e. The summed E-state index contributed by atoms with van der Waals surface area (Å²) < 4.78 is 7.57. The van der Waals surface area contributed by atoms with Gasteiger partial charge in [0.15, 0.2) is 0 Å². The third kappa shape index (κ3) is 5.74. The number of nitrogens with one attached hydrogen (secondary N) is 1. The summed E-state index contributed by atoms with van der Waals surface area (Å²) in [6.45, 7) is 3.05. The van der Waals surface area contributed by atoms with Gasteiger partial charge in [-0.15, -0.1) is 0 Å². The fourth-order valence-electron chi connectivity index (χ4n) is 3.24. The average Bonchev–Trinajstić information content (AvgIpc) is 3.19. The van der Waals surface area contributed by atoms with E-state index in [1.165, 1.54) is 5.56 Å². The van der Waals surface area contributed by atoms with Crippen LogP contribution in [0.3, 0.4) is 0 Å². The highest BCUT2D eigenvalue weighted by Crippen LogP contribution is 2.19. The van der Waals surface area contributed by atoms with Crippen molar-refractivity contribution in [1.82, 2.24) is 9.78 Å². The number of nitrogens with zero attached hydrogens (tertiary/aromatic N) is 2. The van der Waals surface area contributed by atoms with Crippen LogP contribution in [0.15, 0.2) is 85.2 Å². The van der Waals surface area contributed by atoms with Crippen LogP contribution < -0.4 is 10.1 Å². The Kier molecular flexibility index (Phi) is 6.34. The van der Waals surface area contributed by atoms with Crippen LogP contribution in [0.1, 0.15) is 27.0 Å². The molecule has 4 rings (SSSR count). The molecule has 1 heterocycles. The third-order valence-electron chi connectivity index (χ3n) is 4.71. The SMILES string of the molecule is Cc1cccc(Cn2cc(NC(=O)c3cccc(COc4cccc(Cl)c4)c3)cn2)c1. The molecule has 0 saturated carbocycles. The van der Waals surface area contributed by atoms with Gasteiger partial charge in [0, 0.05) is 16.8 Å². The molecule has 31 heavy (non-hydrogen) atoms. The second-order valence-corrected chi connectivity index (χ2v) is 7.75. The van der Waals surface area contributed by atoms with Crippen LogP contribution in [-0.2, 0) is 13.2 Å². The Morgan fingerprint density at radius 2 is 1.84 bits per heavy atom. The van der Waals surface area contributed by atoms with Crippen molar-refractivity contribution >= 4 is 23.2 Å². The van der Waals surface area contributed by atoms with E-state index in [0.29, 0.717) is 35.2 Å². The molecule has 0 saturated heterocycles. The van der Waals surface area contributed by atoms with Gasteiger partial charge in [-0.2, -0.15) is 5.10 Å². The molecule has 4 aromatic rings. The molecule has 0 radical (unpaired) electrons. The number of carbonyl (C=O) groups is 1. The number of hydrogen-bond acceptors (Lipinski definition) is 3. The summed E-state index contributed by atoms with van der Waals surface area (Å²) in [5.74, 6) is 0.489. The lowest BCUT2D eigenvalue weighted by Gasteiger charge is -2.08. The first-order valence-electron chi connectivity index (χ1n) is 9.92. The number of halogens is 1. The van der Waals surface area contributed by atoms with Crippen LogP contribution in [0, 0.1) is 6.92 Å². The summed E-state index contributed by atoms with van der Waals surface area (Å²) in [6, 6.07) is 22.8. The lowest BCUT2D eigenvalue weighted by atomic mass is 10.1. The fraction of sp³-hybridized carbons (Fsp3) is 0.120. The highest BCUT2D eigenvalue weighted by molar-refractivity contribution is 6.30. The lowest BCUT2D eigenvalue weighted by molar-refractivity contribution is 0.102. The van der Waals surface area contributed by atoms with Gasteiger partial charge in [-0.3, -0.25) is 9.48 Å². The van der Waals surface area contributed by atoms with E-state index in [9.17, 15) is 4.79 Å². The van der Waals surface area contributed by atoms with E-state index in [-0.39, 0.29) is 5.91 Å². The van der Waals surface area contributed by atoms with Crippen LogP contribution in [0.2, 0.25) is 5.02 Å². The van der Waals surface area contributed by atoms with Crippen molar-refractivity contribution in [3.63, 3.8) is 0 Å². The molecule has 6 heteroatoms.